The van der Waals surface area contributed by atoms with Crippen molar-refractivity contribution in [3.05, 3.63) is 16.1 Å². The normalized spacial score (nSPS) is 12.7. The van der Waals surface area contributed by atoms with Crippen molar-refractivity contribution in [1.29, 1.82) is 0 Å². The van der Waals surface area contributed by atoms with Crippen LogP contribution in [0.1, 0.15) is 69.4 Å². The van der Waals surface area contributed by atoms with Crippen LogP contribution in [0.25, 0.3) is 0 Å². The van der Waals surface area contributed by atoms with Gasteiger partial charge in [-0.1, -0.05) is 27.7 Å². The van der Waals surface area contributed by atoms with E-state index in [2.05, 4.69) is 32.7 Å². The van der Waals surface area contributed by atoms with E-state index >= 15 is 0 Å². The van der Waals surface area contributed by atoms with E-state index in [4.69, 9.17) is 9.47 Å². The van der Waals surface area contributed by atoms with Gasteiger partial charge in [0.15, 0.2) is 5.69 Å². The van der Waals surface area contributed by atoms with Crippen LogP contribution < -0.4 is 0 Å². The molecule has 0 aliphatic heterocycles. The van der Waals surface area contributed by atoms with Crippen molar-refractivity contribution in [2.75, 3.05) is 26.9 Å². The zero-order valence-corrected chi connectivity index (χ0v) is 18.4. The molecule has 1 heterocycles. The number of carbonyl (C=O) groups excluding carboxylic acids is 2. The molecule has 7 heteroatoms. The van der Waals surface area contributed by atoms with Gasteiger partial charge in [-0.25, -0.2) is 9.78 Å². The average Bonchev–Trinajstić information content (AvgIpc) is 3.03. The molecule has 0 saturated carbocycles. The highest BCUT2D eigenvalue weighted by Crippen LogP contribution is 2.26. The summed E-state index contributed by atoms with van der Waals surface area (Å²) < 4.78 is 10.1. The number of hydrogen-bond acceptors (Lipinski definition) is 6. The van der Waals surface area contributed by atoms with Crippen LogP contribution in [0.4, 0.5) is 0 Å². The van der Waals surface area contributed by atoms with Crippen molar-refractivity contribution >= 4 is 23.2 Å². The second-order valence-electron chi connectivity index (χ2n) is 8.06. The Morgan fingerprint density at radius 1 is 1.33 bits per heavy atom. The van der Waals surface area contributed by atoms with Crippen LogP contribution in [0.15, 0.2) is 5.38 Å². The highest BCUT2D eigenvalue weighted by atomic mass is 32.1. The first-order valence-electron chi connectivity index (χ1n) is 9.54. The molecular formula is C20H34N2O4S. The summed E-state index contributed by atoms with van der Waals surface area (Å²) in [6.07, 6.45) is 2.29. The molecule has 6 nitrogen and oxygen atoms in total. The van der Waals surface area contributed by atoms with Gasteiger partial charge in [0.2, 0.25) is 5.91 Å². The number of ether oxygens (including phenoxy) is 2. The quantitative estimate of drug-likeness (QED) is 0.414. The summed E-state index contributed by atoms with van der Waals surface area (Å²) in [7, 11) is 1.33. The van der Waals surface area contributed by atoms with Crippen molar-refractivity contribution in [2.24, 2.45) is 11.3 Å². The van der Waals surface area contributed by atoms with E-state index in [1.54, 1.807) is 5.38 Å². The third kappa shape index (κ3) is 9.33. The minimum absolute atomic E-state index is 0.123. The molecule has 0 spiro atoms. The summed E-state index contributed by atoms with van der Waals surface area (Å²) >= 11 is 1.37. The lowest BCUT2D eigenvalue weighted by Gasteiger charge is -2.26. The SMILES string of the molecule is CCOCCCN(Cc1nc(C(=O)OC)cs1)C(=O)C[C@H](C)CC(C)(C)C. The Labute approximate surface area is 167 Å². The Kier molecular flexibility index (Phi) is 9.94. The van der Waals surface area contributed by atoms with E-state index in [9.17, 15) is 9.59 Å². The number of esters is 1. The smallest absolute Gasteiger partial charge is 0.357 e. The number of methoxy groups -OCH3 is 1. The Morgan fingerprint density at radius 2 is 2.04 bits per heavy atom. The van der Waals surface area contributed by atoms with E-state index in [1.807, 2.05) is 11.8 Å². The predicted molar refractivity (Wildman–Crippen MR) is 108 cm³/mol. The Bertz CT molecular complexity index is 595. The summed E-state index contributed by atoms with van der Waals surface area (Å²) in [6.45, 7) is 13.0. The summed E-state index contributed by atoms with van der Waals surface area (Å²) in [6, 6.07) is 0. The lowest BCUT2D eigenvalue weighted by atomic mass is 9.84. The maximum atomic E-state index is 12.9. The molecule has 1 amide bonds. The molecule has 0 aliphatic rings. The first kappa shape index (κ1) is 23.6. The van der Waals surface area contributed by atoms with Crippen molar-refractivity contribution in [3.63, 3.8) is 0 Å². The third-order valence-corrected chi connectivity index (χ3v) is 4.86. The van der Waals surface area contributed by atoms with E-state index in [0.29, 0.717) is 44.3 Å². The van der Waals surface area contributed by atoms with Crippen LogP contribution in [0.5, 0.6) is 0 Å². The molecule has 27 heavy (non-hydrogen) atoms. The summed E-state index contributed by atoms with van der Waals surface area (Å²) in [5, 5.41) is 2.41. The molecule has 1 aromatic rings. The minimum atomic E-state index is -0.453. The minimum Gasteiger partial charge on any atom is -0.464 e. The van der Waals surface area contributed by atoms with Crippen LogP contribution in [0, 0.1) is 11.3 Å². The molecule has 1 atom stereocenters. The summed E-state index contributed by atoms with van der Waals surface area (Å²) in [5.74, 6) is -0.0163. The van der Waals surface area contributed by atoms with Gasteiger partial charge in [-0.2, -0.15) is 0 Å². The van der Waals surface area contributed by atoms with Gasteiger partial charge in [0.1, 0.15) is 5.01 Å². The predicted octanol–water partition coefficient (Wildman–Crippen LogP) is 4.15. The molecule has 154 valence electrons. The number of amides is 1. The van der Waals surface area contributed by atoms with Gasteiger partial charge in [-0.05, 0) is 31.1 Å². The standard InChI is InChI=1S/C20H34N2O4S/c1-7-26-10-8-9-22(18(23)11-15(2)12-20(3,4)5)13-17-21-16(14-27-17)19(24)25-6/h14-15H,7-13H2,1-6H3/t15-/m0/s1. The molecule has 0 bridgehead atoms. The fraction of sp³-hybridized carbons (Fsp3) is 0.750. The van der Waals surface area contributed by atoms with Crippen LogP contribution in [-0.4, -0.2) is 48.6 Å². The van der Waals surface area contributed by atoms with Gasteiger partial charge in [-0.15, -0.1) is 11.3 Å². The monoisotopic (exact) mass is 398 g/mol. The van der Waals surface area contributed by atoms with Gasteiger partial charge in [0.25, 0.3) is 0 Å². The zero-order valence-electron chi connectivity index (χ0n) is 17.5. The number of nitrogens with zero attached hydrogens (tertiary/aromatic N) is 2. The molecule has 0 unspecified atom stereocenters. The molecule has 0 fully saturated rings. The number of rotatable bonds is 11. The van der Waals surface area contributed by atoms with Crippen LogP contribution in [-0.2, 0) is 20.8 Å². The van der Waals surface area contributed by atoms with Gasteiger partial charge in [-0.3, -0.25) is 4.79 Å². The zero-order chi connectivity index (χ0) is 20.4. The fourth-order valence-corrected chi connectivity index (χ4v) is 3.86. The highest BCUT2D eigenvalue weighted by molar-refractivity contribution is 7.09. The molecule has 0 saturated heterocycles. The molecule has 0 aliphatic carbocycles. The second kappa shape index (κ2) is 11.4. The van der Waals surface area contributed by atoms with Crippen molar-refractivity contribution in [1.82, 2.24) is 9.88 Å². The van der Waals surface area contributed by atoms with E-state index in [0.717, 1.165) is 17.8 Å². The van der Waals surface area contributed by atoms with Gasteiger partial charge >= 0.3 is 5.97 Å². The van der Waals surface area contributed by atoms with Crippen LogP contribution in [0.2, 0.25) is 0 Å². The first-order valence-corrected chi connectivity index (χ1v) is 10.4. The molecular weight excluding hydrogens is 364 g/mol. The molecule has 0 aromatic carbocycles. The van der Waals surface area contributed by atoms with Gasteiger partial charge in [0.05, 0.1) is 13.7 Å². The van der Waals surface area contributed by atoms with Gasteiger partial charge < -0.3 is 14.4 Å². The largest absolute Gasteiger partial charge is 0.464 e. The molecule has 0 radical (unpaired) electrons. The summed E-state index contributed by atoms with van der Waals surface area (Å²) in [4.78, 5) is 30.6. The van der Waals surface area contributed by atoms with Crippen molar-refractivity contribution in [3.8, 4) is 0 Å². The van der Waals surface area contributed by atoms with E-state index in [-0.39, 0.29) is 11.3 Å². The maximum absolute atomic E-state index is 12.9. The highest BCUT2D eigenvalue weighted by Gasteiger charge is 2.22. The Balaban J connectivity index is 2.74. The Morgan fingerprint density at radius 3 is 2.63 bits per heavy atom. The van der Waals surface area contributed by atoms with Crippen LogP contribution >= 0.6 is 11.3 Å². The number of thiazole rings is 1. The molecule has 1 aromatic heterocycles. The van der Waals surface area contributed by atoms with Crippen molar-refractivity contribution in [2.45, 2.75) is 60.4 Å². The number of hydrogen-bond donors (Lipinski definition) is 0. The van der Waals surface area contributed by atoms with Crippen molar-refractivity contribution < 1.29 is 19.1 Å². The number of aromatic nitrogens is 1. The Hall–Kier alpha value is -1.47. The number of carbonyl (C=O) groups is 2. The van der Waals surface area contributed by atoms with Gasteiger partial charge in [0, 0.05) is 31.6 Å². The maximum Gasteiger partial charge on any atom is 0.357 e. The van der Waals surface area contributed by atoms with Crippen LogP contribution in [0.3, 0.4) is 0 Å². The average molecular weight is 399 g/mol. The fourth-order valence-electron chi connectivity index (χ4n) is 3.08. The lowest BCUT2D eigenvalue weighted by Crippen LogP contribution is -2.33. The van der Waals surface area contributed by atoms with E-state index in [1.165, 1.54) is 18.4 Å². The lowest BCUT2D eigenvalue weighted by molar-refractivity contribution is -0.133. The third-order valence-electron chi connectivity index (χ3n) is 4.03. The topological polar surface area (TPSA) is 68.7 Å². The van der Waals surface area contributed by atoms with E-state index < -0.39 is 5.97 Å². The molecule has 0 N–H and O–H groups in total. The molecule has 1 rings (SSSR count). The first-order chi connectivity index (χ1) is 12.7. The second-order valence-corrected chi connectivity index (χ2v) is 9.00. The summed E-state index contributed by atoms with van der Waals surface area (Å²) in [5.41, 5.74) is 0.491.